The average Bonchev–Trinajstić information content (AvgIpc) is 2.22. The molecular formula is C11H18ClN3O. The molecule has 0 unspecified atom stereocenters. The van der Waals surface area contributed by atoms with Crippen LogP contribution in [0.25, 0.3) is 0 Å². The summed E-state index contributed by atoms with van der Waals surface area (Å²) < 4.78 is 5.36. The van der Waals surface area contributed by atoms with Crippen molar-refractivity contribution in [2.75, 3.05) is 30.8 Å². The Hall–Kier alpha value is -1.00. The molecule has 0 spiro atoms. The third-order valence-electron chi connectivity index (χ3n) is 1.94. The maximum atomic E-state index is 5.78. The van der Waals surface area contributed by atoms with Gasteiger partial charge in [-0.2, -0.15) is 0 Å². The fourth-order valence-electron chi connectivity index (χ4n) is 1.24. The van der Waals surface area contributed by atoms with E-state index in [9.17, 15) is 0 Å². The Morgan fingerprint density at radius 2 is 2.25 bits per heavy atom. The number of rotatable bonds is 7. The number of hydrogen-bond acceptors (Lipinski definition) is 4. The minimum Gasteiger partial charge on any atom is -0.399 e. The molecular weight excluding hydrogens is 226 g/mol. The normalized spacial score (nSPS) is 10.4. The lowest BCUT2D eigenvalue weighted by Crippen LogP contribution is -2.07. The first kappa shape index (κ1) is 13.1. The molecule has 0 saturated carbocycles. The van der Waals surface area contributed by atoms with Crippen LogP contribution in [0.1, 0.15) is 19.8 Å². The van der Waals surface area contributed by atoms with E-state index in [0.717, 1.165) is 32.6 Å². The van der Waals surface area contributed by atoms with Gasteiger partial charge < -0.3 is 15.8 Å². The van der Waals surface area contributed by atoms with E-state index in [0.29, 0.717) is 16.7 Å². The molecule has 1 rings (SSSR count). The van der Waals surface area contributed by atoms with E-state index in [1.807, 2.05) is 0 Å². The van der Waals surface area contributed by atoms with Crippen LogP contribution >= 0.6 is 11.6 Å². The number of ether oxygens (including phenoxy) is 1. The van der Waals surface area contributed by atoms with E-state index in [1.54, 1.807) is 12.1 Å². The molecule has 0 aliphatic carbocycles. The highest BCUT2D eigenvalue weighted by molar-refractivity contribution is 6.29. The molecule has 90 valence electrons. The molecule has 0 fully saturated rings. The molecule has 0 radical (unpaired) electrons. The first-order valence-electron chi connectivity index (χ1n) is 5.47. The summed E-state index contributed by atoms with van der Waals surface area (Å²) in [6, 6.07) is 3.38. The zero-order valence-electron chi connectivity index (χ0n) is 9.50. The third kappa shape index (κ3) is 5.19. The zero-order valence-corrected chi connectivity index (χ0v) is 10.3. The second-order valence-corrected chi connectivity index (χ2v) is 3.89. The van der Waals surface area contributed by atoms with Gasteiger partial charge in [-0.1, -0.05) is 18.5 Å². The Balaban J connectivity index is 2.21. The van der Waals surface area contributed by atoms with Crippen molar-refractivity contribution < 1.29 is 4.74 Å². The van der Waals surface area contributed by atoms with Crippen molar-refractivity contribution in [3.05, 3.63) is 17.3 Å². The van der Waals surface area contributed by atoms with E-state index in [4.69, 9.17) is 22.1 Å². The lowest BCUT2D eigenvalue weighted by atomic mass is 10.4. The Labute approximate surface area is 101 Å². The summed E-state index contributed by atoms with van der Waals surface area (Å²) in [6.45, 7) is 4.48. The van der Waals surface area contributed by atoms with Crippen molar-refractivity contribution in [2.24, 2.45) is 0 Å². The summed E-state index contributed by atoms with van der Waals surface area (Å²) >= 11 is 5.78. The first-order chi connectivity index (χ1) is 7.72. The number of nitrogen functional groups attached to an aromatic ring is 1. The highest BCUT2D eigenvalue weighted by Crippen LogP contribution is 2.15. The van der Waals surface area contributed by atoms with Gasteiger partial charge >= 0.3 is 0 Å². The Morgan fingerprint density at radius 3 is 2.94 bits per heavy atom. The monoisotopic (exact) mass is 243 g/mol. The highest BCUT2D eigenvalue weighted by Gasteiger charge is 1.98. The molecule has 4 nitrogen and oxygen atoms in total. The number of hydrogen-bond donors (Lipinski definition) is 2. The molecule has 0 aliphatic heterocycles. The third-order valence-corrected chi connectivity index (χ3v) is 2.13. The van der Waals surface area contributed by atoms with Gasteiger partial charge in [0.25, 0.3) is 0 Å². The second kappa shape index (κ2) is 7.30. The standard InChI is InChI=1S/C11H18ClN3O/c1-2-5-16-6-3-4-14-11-8-9(13)7-10(12)15-11/h7-8H,2-6H2,1H3,(H3,13,14,15). The van der Waals surface area contributed by atoms with Gasteiger partial charge in [0.05, 0.1) is 0 Å². The van der Waals surface area contributed by atoms with Crippen molar-refractivity contribution in [3.63, 3.8) is 0 Å². The first-order valence-corrected chi connectivity index (χ1v) is 5.85. The Kier molecular flexibility index (Phi) is 5.96. The molecule has 16 heavy (non-hydrogen) atoms. The van der Waals surface area contributed by atoms with Gasteiger partial charge in [0.2, 0.25) is 0 Å². The zero-order chi connectivity index (χ0) is 11.8. The molecule has 0 saturated heterocycles. The Morgan fingerprint density at radius 1 is 1.44 bits per heavy atom. The maximum absolute atomic E-state index is 5.78. The van der Waals surface area contributed by atoms with Gasteiger partial charge in [0, 0.05) is 31.5 Å². The van der Waals surface area contributed by atoms with Crippen LogP contribution in [0.3, 0.4) is 0 Å². The molecule has 1 heterocycles. The van der Waals surface area contributed by atoms with Crippen molar-refractivity contribution in [1.29, 1.82) is 0 Å². The van der Waals surface area contributed by atoms with E-state index >= 15 is 0 Å². The van der Waals surface area contributed by atoms with Crippen molar-refractivity contribution in [3.8, 4) is 0 Å². The van der Waals surface area contributed by atoms with E-state index in [-0.39, 0.29) is 0 Å². The summed E-state index contributed by atoms with van der Waals surface area (Å²) in [5.41, 5.74) is 6.26. The predicted molar refractivity (Wildman–Crippen MR) is 67.9 cm³/mol. The molecule has 0 aromatic carbocycles. The molecule has 0 amide bonds. The quantitative estimate of drug-likeness (QED) is 0.571. The van der Waals surface area contributed by atoms with Gasteiger partial charge in [-0.15, -0.1) is 0 Å². The lowest BCUT2D eigenvalue weighted by molar-refractivity contribution is 0.134. The molecule has 0 atom stereocenters. The number of nitrogens with zero attached hydrogens (tertiary/aromatic N) is 1. The minimum absolute atomic E-state index is 0.407. The summed E-state index contributed by atoms with van der Waals surface area (Å²) in [4.78, 5) is 4.10. The van der Waals surface area contributed by atoms with Crippen LogP contribution in [-0.4, -0.2) is 24.7 Å². The Bertz CT molecular complexity index is 300. The second-order valence-electron chi connectivity index (χ2n) is 3.50. The summed E-state index contributed by atoms with van der Waals surface area (Å²) in [6.07, 6.45) is 1.99. The lowest BCUT2D eigenvalue weighted by Gasteiger charge is -2.07. The van der Waals surface area contributed by atoms with E-state index in [2.05, 4.69) is 17.2 Å². The van der Waals surface area contributed by atoms with Crippen LogP contribution in [0.4, 0.5) is 11.5 Å². The van der Waals surface area contributed by atoms with Gasteiger partial charge in [0.15, 0.2) is 0 Å². The molecule has 1 aromatic rings. The number of pyridine rings is 1. The van der Waals surface area contributed by atoms with E-state index < -0.39 is 0 Å². The number of anilines is 2. The fraction of sp³-hybridized carbons (Fsp3) is 0.545. The number of nitrogens with one attached hydrogen (secondary N) is 1. The molecule has 0 bridgehead atoms. The number of halogens is 1. The molecule has 0 aliphatic rings. The van der Waals surface area contributed by atoms with Crippen LogP contribution in [0.15, 0.2) is 12.1 Å². The molecule has 5 heteroatoms. The van der Waals surface area contributed by atoms with Gasteiger partial charge in [-0.25, -0.2) is 4.98 Å². The fourth-order valence-corrected chi connectivity index (χ4v) is 1.46. The summed E-state index contributed by atoms with van der Waals surface area (Å²) in [5, 5.41) is 3.55. The van der Waals surface area contributed by atoms with Gasteiger partial charge in [-0.3, -0.25) is 0 Å². The molecule has 1 aromatic heterocycles. The summed E-state index contributed by atoms with van der Waals surface area (Å²) in [7, 11) is 0. The SMILES string of the molecule is CCCOCCCNc1cc(N)cc(Cl)n1. The maximum Gasteiger partial charge on any atom is 0.133 e. The smallest absolute Gasteiger partial charge is 0.133 e. The topological polar surface area (TPSA) is 60.2 Å². The average molecular weight is 244 g/mol. The number of nitrogens with two attached hydrogens (primary N) is 1. The minimum atomic E-state index is 0.407. The van der Waals surface area contributed by atoms with Crippen LogP contribution in [-0.2, 0) is 4.74 Å². The van der Waals surface area contributed by atoms with Crippen LogP contribution in [0.5, 0.6) is 0 Å². The largest absolute Gasteiger partial charge is 0.399 e. The van der Waals surface area contributed by atoms with Gasteiger partial charge in [-0.05, 0) is 18.9 Å². The number of aromatic nitrogens is 1. The highest BCUT2D eigenvalue weighted by atomic mass is 35.5. The van der Waals surface area contributed by atoms with Crippen LogP contribution < -0.4 is 11.1 Å². The van der Waals surface area contributed by atoms with Crippen molar-refractivity contribution >= 4 is 23.1 Å². The van der Waals surface area contributed by atoms with Crippen molar-refractivity contribution in [2.45, 2.75) is 19.8 Å². The van der Waals surface area contributed by atoms with Crippen LogP contribution in [0.2, 0.25) is 5.15 Å². The van der Waals surface area contributed by atoms with Crippen LogP contribution in [0, 0.1) is 0 Å². The summed E-state index contributed by atoms with van der Waals surface area (Å²) in [5.74, 6) is 0.709. The van der Waals surface area contributed by atoms with E-state index in [1.165, 1.54) is 0 Å². The molecule has 3 N–H and O–H groups in total. The predicted octanol–water partition coefficient (Wildman–Crippen LogP) is 2.55. The van der Waals surface area contributed by atoms with Crippen molar-refractivity contribution in [1.82, 2.24) is 4.98 Å². The van der Waals surface area contributed by atoms with Gasteiger partial charge in [0.1, 0.15) is 11.0 Å².